The summed E-state index contributed by atoms with van der Waals surface area (Å²) in [5.41, 5.74) is 1.40. The number of unbranched alkanes of at least 4 members (excludes halogenated alkanes) is 1. The highest BCUT2D eigenvalue weighted by Gasteiger charge is 2.31. The molecule has 3 heterocycles. The van der Waals surface area contributed by atoms with Crippen LogP contribution in [-0.4, -0.2) is 95.9 Å². The maximum atomic E-state index is 12.0. The van der Waals surface area contributed by atoms with Gasteiger partial charge in [-0.15, -0.1) is 0 Å². The van der Waals surface area contributed by atoms with Crippen molar-refractivity contribution in [3.63, 3.8) is 0 Å². The molecule has 1 aliphatic carbocycles. The van der Waals surface area contributed by atoms with Crippen LogP contribution in [0.3, 0.4) is 0 Å². The number of carbonyl (C=O) groups excluding carboxylic acids is 2. The fourth-order valence-corrected chi connectivity index (χ4v) is 3.91. The Balaban J connectivity index is 1.19. The van der Waals surface area contributed by atoms with Crippen LogP contribution in [0.5, 0.6) is 0 Å². The number of aliphatic imine (C=N–C) groups is 2. The monoisotopic (exact) mass is 400 g/mol. The van der Waals surface area contributed by atoms with Gasteiger partial charge in [0.15, 0.2) is 5.78 Å². The molecule has 3 aliphatic heterocycles. The van der Waals surface area contributed by atoms with E-state index in [0.717, 1.165) is 57.7 Å². The predicted molar refractivity (Wildman–Crippen MR) is 109 cm³/mol. The molecule has 9 nitrogen and oxygen atoms in total. The van der Waals surface area contributed by atoms with Crippen molar-refractivity contribution in [2.75, 3.05) is 52.5 Å². The molecule has 1 amide bonds. The van der Waals surface area contributed by atoms with Crippen molar-refractivity contribution < 1.29 is 14.3 Å². The first kappa shape index (κ1) is 19.8. The number of ether oxygens (including phenoxy) is 1. The van der Waals surface area contributed by atoms with Gasteiger partial charge in [0.1, 0.15) is 12.4 Å². The number of amides is 1. The van der Waals surface area contributed by atoms with Crippen LogP contribution in [-0.2, 0) is 9.53 Å². The molecule has 0 atom stereocenters. The number of guanidine groups is 1. The van der Waals surface area contributed by atoms with Crippen molar-refractivity contribution in [2.45, 2.75) is 26.2 Å². The van der Waals surface area contributed by atoms with Crippen molar-refractivity contribution in [3.05, 3.63) is 23.9 Å². The Morgan fingerprint density at radius 3 is 2.76 bits per heavy atom. The normalized spacial score (nSPS) is 22.1. The van der Waals surface area contributed by atoms with Gasteiger partial charge in [-0.05, 0) is 26.3 Å². The Labute approximate surface area is 171 Å². The number of piperazine rings is 1. The van der Waals surface area contributed by atoms with Crippen LogP contribution in [0.4, 0.5) is 4.79 Å². The molecule has 0 radical (unpaired) electrons. The fraction of sp³-hybridized carbons (Fsp3) is 0.600. The van der Waals surface area contributed by atoms with Crippen LogP contribution in [0, 0.1) is 0 Å². The van der Waals surface area contributed by atoms with E-state index >= 15 is 0 Å². The van der Waals surface area contributed by atoms with Gasteiger partial charge in [-0.2, -0.15) is 5.01 Å². The van der Waals surface area contributed by atoms with Gasteiger partial charge in [-0.1, -0.05) is 12.2 Å². The number of ketones is 1. The Morgan fingerprint density at radius 2 is 1.97 bits per heavy atom. The lowest BCUT2D eigenvalue weighted by Gasteiger charge is -2.34. The lowest BCUT2D eigenvalue weighted by molar-refractivity contribution is -0.112. The van der Waals surface area contributed by atoms with Crippen molar-refractivity contribution in [3.8, 4) is 0 Å². The molecule has 9 heteroatoms. The maximum absolute atomic E-state index is 12.0. The molecule has 0 bridgehead atoms. The van der Waals surface area contributed by atoms with E-state index in [1.807, 2.05) is 30.3 Å². The highest BCUT2D eigenvalue weighted by molar-refractivity contribution is 6.49. The van der Waals surface area contributed by atoms with Gasteiger partial charge >= 0.3 is 6.09 Å². The zero-order valence-electron chi connectivity index (χ0n) is 16.9. The number of allylic oxidation sites excluding steroid dienone is 3. The summed E-state index contributed by atoms with van der Waals surface area (Å²) < 4.78 is 5.07. The molecule has 0 aromatic rings. The third kappa shape index (κ3) is 4.40. The zero-order chi connectivity index (χ0) is 20.2. The molecule has 0 unspecified atom stereocenters. The van der Waals surface area contributed by atoms with E-state index in [9.17, 15) is 9.59 Å². The first-order valence-electron chi connectivity index (χ1n) is 10.4. The molecule has 29 heavy (non-hydrogen) atoms. The molecule has 4 aliphatic rings. The molecule has 0 aromatic heterocycles. The summed E-state index contributed by atoms with van der Waals surface area (Å²) in [5, 5.41) is 4.13. The Hall–Kier alpha value is -2.52. The SMILES string of the molecule is CCOC(=O)N1CCN(CCCCN2CN=C3N=C4C(=O)CC=CC4=CN32)CC1. The molecule has 156 valence electrons. The molecule has 1 fully saturated rings. The van der Waals surface area contributed by atoms with Crippen molar-refractivity contribution >= 4 is 23.5 Å². The highest BCUT2D eigenvalue weighted by Crippen LogP contribution is 2.23. The highest BCUT2D eigenvalue weighted by atomic mass is 16.6. The first-order valence-corrected chi connectivity index (χ1v) is 10.4. The van der Waals surface area contributed by atoms with Crippen molar-refractivity contribution in [1.82, 2.24) is 19.8 Å². The minimum Gasteiger partial charge on any atom is -0.450 e. The molecular weight excluding hydrogens is 372 g/mol. The third-order valence-electron chi connectivity index (χ3n) is 5.54. The molecule has 4 rings (SSSR count). The topological polar surface area (TPSA) is 81.0 Å². The van der Waals surface area contributed by atoms with Gasteiger partial charge in [-0.3, -0.25) is 9.69 Å². The third-order valence-corrected chi connectivity index (χ3v) is 5.54. The Bertz CT molecular complexity index is 779. The van der Waals surface area contributed by atoms with E-state index in [-0.39, 0.29) is 11.9 Å². The summed E-state index contributed by atoms with van der Waals surface area (Å²) in [6.45, 7) is 8.00. The van der Waals surface area contributed by atoms with Crippen LogP contribution >= 0.6 is 0 Å². The quantitative estimate of drug-likeness (QED) is 0.625. The van der Waals surface area contributed by atoms with Gasteiger partial charge in [0.25, 0.3) is 0 Å². The Morgan fingerprint density at radius 1 is 1.17 bits per heavy atom. The number of fused-ring (bicyclic) bond motifs is 2. The smallest absolute Gasteiger partial charge is 0.409 e. The predicted octanol–water partition coefficient (Wildman–Crippen LogP) is 1.25. The number of nitrogens with zero attached hydrogens (tertiary/aromatic N) is 6. The average Bonchev–Trinajstić information content (AvgIpc) is 3.13. The van der Waals surface area contributed by atoms with Crippen molar-refractivity contribution in [2.24, 2.45) is 9.98 Å². The van der Waals surface area contributed by atoms with Crippen molar-refractivity contribution in [1.29, 1.82) is 0 Å². The number of rotatable bonds is 6. The molecule has 0 spiro atoms. The molecule has 0 saturated carbocycles. The van der Waals surface area contributed by atoms with Crippen LogP contribution < -0.4 is 0 Å². The minimum atomic E-state index is -0.201. The Kier molecular flexibility index (Phi) is 6.05. The van der Waals surface area contributed by atoms with E-state index in [1.54, 1.807) is 4.90 Å². The standard InChI is InChI=1S/C20H28N6O3/c1-2-29-20(28)24-12-10-23(11-13-24)8-3-4-9-25-15-21-19-22-18-16(14-26(19)25)6-5-7-17(18)27/h5-6,14H,2-4,7-13,15H2,1H3. The van der Waals surface area contributed by atoms with Gasteiger partial charge in [0.05, 0.1) is 6.61 Å². The molecule has 0 aromatic carbocycles. The molecule has 0 N–H and O–H groups in total. The number of hydrogen-bond acceptors (Lipinski definition) is 8. The number of Topliss-reactive ketones (excluding diaryl/α,β-unsaturated/α-hetero) is 1. The van der Waals surface area contributed by atoms with E-state index in [4.69, 9.17) is 4.74 Å². The lowest BCUT2D eigenvalue weighted by atomic mass is 9.98. The number of hydrazine groups is 1. The second-order valence-corrected chi connectivity index (χ2v) is 7.48. The second kappa shape index (κ2) is 8.87. The molecular formula is C20H28N6O3. The van der Waals surface area contributed by atoms with E-state index < -0.39 is 0 Å². The summed E-state index contributed by atoms with van der Waals surface area (Å²) in [6, 6.07) is 0. The van der Waals surface area contributed by atoms with Gasteiger partial charge in [0, 0.05) is 50.9 Å². The van der Waals surface area contributed by atoms with Crippen LogP contribution in [0.2, 0.25) is 0 Å². The van der Waals surface area contributed by atoms with E-state index in [1.165, 1.54) is 0 Å². The maximum Gasteiger partial charge on any atom is 0.409 e. The summed E-state index contributed by atoms with van der Waals surface area (Å²) in [4.78, 5) is 36.9. The summed E-state index contributed by atoms with van der Waals surface area (Å²) in [7, 11) is 0. The summed E-state index contributed by atoms with van der Waals surface area (Å²) >= 11 is 0. The minimum absolute atomic E-state index is 0.0580. The van der Waals surface area contributed by atoms with Gasteiger partial charge < -0.3 is 9.64 Å². The number of carbonyl (C=O) groups is 2. The first-order chi connectivity index (χ1) is 14.2. The zero-order valence-corrected chi connectivity index (χ0v) is 16.9. The van der Waals surface area contributed by atoms with E-state index in [0.29, 0.717) is 31.4 Å². The van der Waals surface area contributed by atoms with E-state index in [2.05, 4.69) is 19.9 Å². The summed E-state index contributed by atoms with van der Waals surface area (Å²) in [6.07, 6.45) is 8.17. The number of hydrogen-bond donors (Lipinski definition) is 0. The fourth-order valence-electron chi connectivity index (χ4n) is 3.91. The average molecular weight is 400 g/mol. The van der Waals surface area contributed by atoms with Crippen LogP contribution in [0.1, 0.15) is 26.2 Å². The second-order valence-electron chi connectivity index (χ2n) is 7.48. The largest absolute Gasteiger partial charge is 0.450 e. The van der Waals surface area contributed by atoms with Gasteiger partial charge in [0.2, 0.25) is 5.96 Å². The lowest BCUT2D eigenvalue weighted by Crippen LogP contribution is -2.49. The van der Waals surface area contributed by atoms with Gasteiger partial charge in [-0.25, -0.2) is 19.8 Å². The van der Waals surface area contributed by atoms with Crippen LogP contribution in [0.25, 0.3) is 0 Å². The molecule has 1 saturated heterocycles. The van der Waals surface area contributed by atoms with Crippen LogP contribution in [0.15, 0.2) is 33.9 Å². The summed E-state index contributed by atoms with van der Waals surface area (Å²) in [5.74, 6) is 0.671.